The second kappa shape index (κ2) is 4.94. The fourth-order valence-corrected chi connectivity index (χ4v) is 2.01. The molecule has 0 saturated heterocycles. The second-order valence-corrected chi connectivity index (χ2v) is 4.55. The molecule has 2 heteroatoms. The molecule has 1 rings (SSSR count). The maximum Gasteiger partial charge on any atom is 0.0960 e. The van der Waals surface area contributed by atoms with Crippen LogP contribution < -0.4 is 0 Å². The van der Waals surface area contributed by atoms with Crippen molar-refractivity contribution in [1.82, 2.24) is 0 Å². The van der Waals surface area contributed by atoms with E-state index in [0.29, 0.717) is 0 Å². The van der Waals surface area contributed by atoms with E-state index in [1.165, 1.54) is 9.13 Å². The van der Waals surface area contributed by atoms with Crippen LogP contribution in [-0.2, 0) is 6.42 Å². The molecule has 0 bridgehead atoms. The summed E-state index contributed by atoms with van der Waals surface area (Å²) in [5.41, 5.74) is 2.41. The topological polar surface area (TPSA) is 0 Å². The van der Waals surface area contributed by atoms with Crippen molar-refractivity contribution in [3.63, 3.8) is 0 Å². The summed E-state index contributed by atoms with van der Waals surface area (Å²) < 4.78 is 13.6. The number of hydrogen-bond donors (Lipinski definition) is 0. The van der Waals surface area contributed by atoms with E-state index >= 15 is 0 Å². The Morgan fingerprint density at radius 2 is 2.08 bits per heavy atom. The molecule has 0 nitrogen and oxygen atoms in total. The van der Waals surface area contributed by atoms with Gasteiger partial charge in [-0.05, 0) is 52.3 Å². The van der Waals surface area contributed by atoms with Gasteiger partial charge < -0.3 is 0 Å². The van der Waals surface area contributed by atoms with Crippen LogP contribution >= 0.6 is 22.6 Å². The molecule has 0 heterocycles. The van der Waals surface area contributed by atoms with Crippen molar-refractivity contribution >= 4 is 22.6 Å². The molecule has 0 aliphatic rings. The van der Waals surface area contributed by atoms with E-state index in [9.17, 15) is 4.39 Å². The summed E-state index contributed by atoms with van der Waals surface area (Å²) in [6, 6.07) is 6.31. The smallest absolute Gasteiger partial charge is 0.0960 e. The van der Waals surface area contributed by atoms with Gasteiger partial charge in [0.05, 0.1) is 6.67 Å². The lowest BCUT2D eigenvalue weighted by molar-refractivity contribution is 0.447. The first-order chi connectivity index (χ1) is 6.17. The molecule has 1 aromatic rings. The van der Waals surface area contributed by atoms with E-state index in [1.807, 2.05) is 6.92 Å². The molecule has 0 fully saturated rings. The quantitative estimate of drug-likeness (QED) is 0.741. The van der Waals surface area contributed by atoms with Crippen molar-refractivity contribution in [2.45, 2.75) is 26.2 Å². The van der Waals surface area contributed by atoms with E-state index in [2.05, 4.69) is 47.7 Å². The number of alkyl halides is 1. The third-order valence-electron chi connectivity index (χ3n) is 2.19. The van der Waals surface area contributed by atoms with Gasteiger partial charge in [-0.1, -0.05) is 19.9 Å². The molecule has 72 valence electrons. The Labute approximate surface area is 92.7 Å². The van der Waals surface area contributed by atoms with Gasteiger partial charge in [-0.2, -0.15) is 0 Å². The lowest BCUT2D eigenvalue weighted by atomic mass is 9.99. The number of aryl methyl sites for hydroxylation is 1. The van der Waals surface area contributed by atoms with Crippen LogP contribution in [0.3, 0.4) is 0 Å². The van der Waals surface area contributed by atoms with E-state index in [4.69, 9.17) is 0 Å². The fourth-order valence-electron chi connectivity index (χ4n) is 1.25. The predicted octanol–water partition coefficient (Wildman–Crippen LogP) is 3.93. The van der Waals surface area contributed by atoms with Gasteiger partial charge in [-0.15, -0.1) is 0 Å². The number of halogens is 2. The molecular formula is C11H14FI. The van der Waals surface area contributed by atoms with Crippen molar-refractivity contribution in [3.8, 4) is 0 Å². The SMILES string of the molecule is CCc1cc(I)cc(C(C)CF)c1. The van der Waals surface area contributed by atoms with Crippen LogP contribution in [0, 0.1) is 3.57 Å². The first-order valence-electron chi connectivity index (χ1n) is 4.52. The van der Waals surface area contributed by atoms with Crippen molar-refractivity contribution in [1.29, 1.82) is 0 Å². The molecule has 0 N–H and O–H groups in total. The number of rotatable bonds is 3. The number of hydrogen-bond acceptors (Lipinski definition) is 0. The van der Waals surface area contributed by atoms with Crippen LogP contribution in [0.5, 0.6) is 0 Å². The lowest BCUT2D eigenvalue weighted by Gasteiger charge is -2.09. The maximum absolute atomic E-state index is 12.4. The van der Waals surface area contributed by atoms with Crippen molar-refractivity contribution < 1.29 is 4.39 Å². The number of benzene rings is 1. The summed E-state index contributed by atoms with van der Waals surface area (Å²) >= 11 is 2.28. The molecular weight excluding hydrogens is 278 g/mol. The van der Waals surface area contributed by atoms with Gasteiger partial charge >= 0.3 is 0 Å². The van der Waals surface area contributed by atoms with Crippen LogP contribution in [0.15, 0.2) is 18.2 Å². The van der Waals surface area contributed by atoms with Crippen LogP contribution in [0.4, 0.5) is 4.39 Å². The van der Waals surface area contributed by atoms with Crippen molar-refractivity contribution in [3.05, 3.63) is 32.9 Å². The van der Waals surface area contributed by atoms with E-state index < -0.39 is 0 Å². The summed E-state index contributed by atoms with van der Waals surface area (Å²) in [5, 5.41) is 0. The zero-order valence-corrected chi connectivity index (χ0v) is 10.1. The highest BCUT2D eigenvalue weighted by atomic mass is 127. The third-order valence-corrected chi connectivity index (χ3v) is 2.81. The molecule has 0 spiro atoms. The monoisotopic (exact) mass is 292 g/mol. The Hall–Kier alpha value is -0.120. The summed E-state index contributed by atoms with van der Waals surface area (Å²) in [6.07, 6.45) is 1.02. The maximum atomic E-state index is 12.4. The second-order valence-electron chi connectivity index (χ2n) is 3.30. The van der Waals surface area contributed by atoms with Crippen LogP contribution in [-0.4, -0.2) is 6.67 Å². The van der Waals surface area contributed by atoms with Gasteiger partial charge in [0.1, 0.15) is 0 Å². The standard InChI is InChI=1S/C11H14FI/c1-3-9-4-10(8(2)7-12)6-11(13)5-9/h4-6,8H,3,7H2,1-2H3. The molecule has 0 aliphatic heterocycles. The van der Waals surface area contributed by atoms with Gasteiger partial charge in [0.25, 0.3) is 0 Å². The summed E-state index contributed by atoms with van der Waals surface area (Å²) in [5.74, 6) is 0.0278. The first-order valence-corrected chi connectivity index (χ1v) is 5.60. The highest BCUT2D eigenvalue weighted by Crippen LogP contribution is 2.20. The summed E-state index contributed by atoms with van der Waals surface area (Å²) in [4.78, 5) is 0. The molecule has 0 radical (unpaired) electrons. The zero-order chi connectivity index (χ0) is 9.84. The lowest BCUT2D eigenvalue weighted by Crippen LogP contribution is -1.97. The third kappa shape index (κ3) is 2.93. The van der Waals surface area contributed by atoms with Gasteiger partial charge in [0.2, 0.25) is 0 Å². The average Bonchev–Trinajstić information content (AvgIpc) is 2.15. The van der Waals surface area contributed by atoms with Gasteiger partial charge in [-0.25, -0.2) is 0 Å². The Balaban J connectivity index is 3.01. The largest absolute Gasteiger partial charge is 0.250 e. The normalized spacial score (nSPS) is 12.9. The highest BCUT2D eigenvalue weighted by Gasteiger charge is 2.06. The van der Waals surface area contributed by atoms with Crippen molar-refractivity contribution in [2.75, 3.05) is 6.67 Å². The van der Waals surface area contributed by atoms with E-state index in [-0.39, 0.29) is 12.6 Å². The summed E-state index contributed by atoms with van der Waals surface area (Å²) in [6.45, 7) is 3.77. The average molecular weight is 292 g/mol. The highest BCUT2D eigenvalue weighted by molar-refractivity contribution is 14.1. The zero-order valence-electron chi connectivity index (χ0n) is 7.98. The van der Waals surface area contributed by atoms with Crippen molar-refractivity contribution in [2.24, 2.45) is 0 Å². The minimum absolute atomic E-state index is 0.0278. The minimum Gasteiger partial charge on any atom is -0.250 e. The molecule has 0 aliphatic carbocycles. The molecule has 1 unspecified atom stereocenters. The molecule has 13 heavy (non-hydrogen) atoms. The first kappa shape index (κ1) is 11.0. The molecule has 1 atom stereocenters. The van der Waals surface area contributed by atoms with Gasteiger partial charge in [-0.3, -0.25) is 4.39 Å². The van der Waals surface area contributed by atoms with Crippen LogP contribution in [0.1, 0.15) is 30.9 Å². The van der Waals surface area contributed by atoms with E-state index in [1.54, 1.807) is 0 Å². The Morgan fingerprint density at radius 1 is 1.38 bits per heavy atom. The van der Waals surface area contributed by atoms with Crippen LogP contribution in [0.25, 0.3) is 0 Å². The Bertz CT molecular complexity index is 283. The van der Waals surface area contributed by atoms with Gasteiger partial charge in [0, 0.05) is 9.49 Å². The fraction of sp³-hybridized carbons (Fsp3) is 0.455. The summed E-state index contributed by atoms with van der Waals surface area (Å²) in [7, 11) is 0. The minimum atomic E-state index is -0.275. The molecule has 0 aromatic heterocycles. The van der Waals surface area contributed by atoms with Gasteiger partial charge in [0.15, 0.2) is 0 Å². The van der Waals surface area contributed by atoms with E-state index in [0.717, 1.165) is 12.0 Å². The molecule has 0 saturated carbocycles. The Morgan fingerprint density at radius 3 is 2.62 bits per heavy atom. The van der Waals surface area contributed by atoms with Crippen LogP contribution in [0.2, 0.25) is 0 Å². The predicted molar refractivity (Wildman–Crippen MR) is 62.9 cm³/mol. The Kier molecular flexibility index (Phi) is 4.16. The molecule has 0 amide bonds. The molecule has 1 aromatic carbocycles.